The molecule has 0 atom stereocenters. The average Bonchev–Trinajstić information content (AvgIpc) is 3.46. The van der Waals surface area contributed by atoms with Gasteiger partial charge in [-0.05, 0) is 31.2 Å². The fraction of sp³-hybridized carbons (Fsp3) is 0.130. The van der Waals surface area contributed by atoms with Gasteiger partial charge >= 0.3 is 5.97 Å². The van der Waals surface area contributed by atoms with Crippen LogP contribution in [0.15, 0.2) is 70.9 Å². The zero-order valence-corrected chi connectivity index (χ0v) is 17.5. The number of nitrogens with zero attached hydrogens (tertiary/aromatic N) is 2. The highest BCUT2D eigenvalue weighted by Gasteiger charge is 2.12. The van der Waals surface area contributed by atoms with Crippen LogP contribution in [0.25, 0.3) is 11.3 Å². The van der Waals surface area contributed by atoms with Gasteiger partial charge < -0.3 is 14.5 Å². The van der Waals surface area contributed by atoms with E-state index in [9.17, 15) is 9.59 Å². The van der Waals surface area contributed by atoms with E-state index >= 15 is 0 Å². The molecule has 0 unspecified atom stereocenters. The lowest BCUT2D eigenvalue weighted by Gasteiger charge is -2.04. The minimum Gasteiger partial charge on any atom is -0.456 e. The summed E-state index contributed by atoms with van der Waals surface area (Å²) in [6, 6.07) is 14.5. The van der Waals surface area contributed by atoms with Crippen molar-refractivity contribution in [2.24, 2.45) is 0 Å². The molecule has 0 aliphatic rings. The zero-order chi connectivity index (χ0) is 21.6. The van der Waals surface area contributed by atoms with Crippen LogP contribution in [0.4, 0.5) is 5.69 Å². The van der Waals surface area contributed by atoms with Crippen LogP contribution in [-0.2, 0) is 22.6 Å². The lowest BCUT2D eigenvalue weighted by atomic mass is 10.1. The maximum atomic E-state index is 12.3. The number of esters is 1. The second kappa shape index (κ2) is 9.36. The molecule has 0 bridgehead atoms. The van der Waals surface area contributed by atoms with E-state index in [-0.39, 0.29) is 18.9 Å². The maximum absolute atomic E-state index is 12.3. The third-order valence-electron chi connectivity index (χ3n) is 4.44. The van der Waals surface area contributed by atoms with Gasteiger partial charge in [0.15, 0.2) is 12.2 Å². The van der Waals surface area contributed by atoms with E-state index in [1.54, 1.807) is 35.8 Å². The van der Waals surface area contributed by atoms with Crippen LogP contribution >= 0.6 is 11.3 Å². The number of carbonyl (C=O) groups excluding carboxylic acids is 2. The third-order valence-corrected chi connectivity index (χ3v) is 5.33. The van der Waals surface area contributed by atoms with Crippen LogP contribution in [0, 0.1) is 6.92 Å². The van der Waals surface area contributed by atoms with Gasteiger partial charge in [0.25, 0.3) is 0 Å². The number of anilines is 1. The number of aromatic nitrogens is 2. The molecule has 2 heterocycles. The predicted octanol–water partition coefficient (Wildman–Crippen LogP) is 4.64. The Morgan fingerprint density at radius 2 is 1.87 bits per heavy atom. The molecule has 2 aromatic heterocycles. The van der Waals surface area contributed by atoms with Crippen molar-refractivity contribution in [2.45, 2.75) is 20.0 Å². The number of ether oxygens (including phenoxy) is 1. The molecule has 7 nitrogen and oxygen atoms in total. The molecule has 2 aromatic carbocycles. The number of amides is 1. The fourth-order valence-electron chi connectivity index (χ4n) is 2.83. The van der Waals surface area contributed by atoms with Crippen molar-refractivity contribution in [3.63, 3.8) is 0 Å². The highest BCUT2D eigenvalue weighted by atomic mass is 32.1. The fourth-order valence-corrected chi connectivity index (χ4v) is 3.60. The van der Waals surface area contributed by atoms with Gasteiger partial charge in [-0.3, -0.25) is 4.79 Å². The van der Waals surface area contributed by atoms with Gasteiger partial charge in [0, 0.05) is 16.6 Å². The molecule has 0 saturated heterocycles. The van der Waals surface area contributed by atoms with Crippen LogP contribution in [0.5, 0.6) is 0 Å². The van der Waals surface area contributed by atoms with E-state index in [0.29, 0.717) is 22.0 Å². The number of nitrogens with one attached hydrogen (secondary N) is 1. The maximum Gasteiger partial charge on any atom is 0.338 e. The molecule has 1 N–H and O–H groups in total. The number of thiazole rings is 1. The molecular formula is C23H19N3O4S. The monoisotopic (exact) mass is 433 g/mol. The van der Waals surface area contributed by atoms with Crippen molar-refractivity contribution in [1.82, 2.24) is 9.97 Å². The van der Waals surface area contributed by atoms with E-state index < -0.39 is 5.97 Å². The summed E-state index contributed by atoms with van der Waals surface area (Å²) in [5.74, 6) is 0.0331. The van der Waals surface area contributed by atoms with Crippen LogP contribution in [-0.4, -0.2) is 21.8 Å². The third kappa shape index (κ3) is 5.43. The van der Waals surface area contributed by atoms with Crippen molar-refractivity contribution in [3.8, 4) is 11.3 Å². The molecule has 156 valence electrons. The largest absolute Gasteiger partial charge is 0.456 e. The van der Waals surface area contributed by atoms with E-state index in [0.717, 1.165) is 16.8 Å². The summed E-state index contributed by atoms with van der Waals surface area (Å²) < 4.78 is 10.6. The Labute approximate surface area is 182 Å². The summed E-state index contributed by atoms with van der Waals surface area (Å²) in [6.45, 7) is 2.03. The summed E-state index contributed by atoms with van der Waals surface area (Å²) in [5.41, 5.74) is 3.73. The Morgan fingerprint density at radius 3 is 2.58 bits per heavy atom. The van der Waals surface area contributed by atoms with Gasteiger partial charge in [-0.25, -0.2) is 14.8 Å². The quantitative estimate of drug-likeness (QED) is 0.427. The standard InChI is InChI=1S/C23H19N3O4S/c1-15-2-8-18(9-3-15)25-21(27)10-22-26-19(13-31-22)12-29-23(28)17-6-4-16(5-7-17)20-11-24-14-30-20/h2-9,11,13-14H,10,12H2,1H3,(H,25,27). The van der Waals surface area contributed by atoms with Gasteiger partial charge in [0.05, 0.1) is 23.9 Å². The predicted molar refractivity (Wildman–Crippen MR) is 117 cm³/mol. The van der Waals surface area contributed by atoms with Crippen LogP contribution < -0.4 is 5.32 Å². The van der Waals surface area contributed by atoms with Crippen LogP contribution in [0.3, 0.4) is 0 Å². The molecule has 0 saturated carbocycles. The second-order valence-electron chi connectivity index (χ2n) is 6.84. The summed E-state index contributed by atoms with van der Waals surface area (Å²) in [4.78, 5) is 32.7. The molecule has 4 rings (SSSR count). The minimum absolute atomic E-state index is 0.0404. The Bertz CT molecular complexity index is 1170. The van der Waals surface area contributed by atoms with Crippen molar-refractivity contribution < 1.29 is 18.7 Å². The number of hydrogen-bond donors (Lipinski definition) is 1. The summed E-state index contributed by atoms with van der Waals surface area (Å²) >= 11 is 1.36. The minimum atomic E-state index is -0.448. The molecule has 31 heavy (non-hydrogen) atoms. The molecule has 1 amide bonds. The van der Waals surface area contributed by atoms with Crippen LogP contribution in [0.1, 0.15) is 26.6 Å². The Hall–Kier alpha value is -3.78. The lowest BCUT2D eigenvalue weighted by Crippen LogP contribution is -2.14. The number of rotatable bonds is 7. The lowest BCUT2D eigenvalue weighted by molar-refractivity contribution is -0.115. The van der Waals surface area contributed by atoms with Crippen molar-refractivity contribution >= 4 is 28.9 Å². The molecular weight excluding hydrogens is 414 g/mol. The second-order valence-corrected chi connectivity index (χ2v) is 7.79. The Morgan fingerprint density at radius 1 is 1.10 bits per heavy atom. The summed E-state index contributed by atoms with van der Waals surface area (Å²) in [6.07, 6.45) is 3.12. The summed E-state index contributed by atoms with van der Waals surface area (Å²) in [7, 11) is 0. The topological polar surface area (TPSA) is 94.3 Å². The summed E-state index contributed by atoms with van der Waals surface area (Å²) in [5, 5.41) is 5.29. The van der Waals surface area contributed by atoms with Gasteiger partial charge in [-0.2, -0.15) is 0 Å². The first kappa shape index (κ1) is 20.5. The number of oxazole rings is 1. The average molecular weight is 433 g/mol. The van der Waals surface area contributed by atoms with Crippen molar-refractivity contribution in [1.29, 1.82) is 0 Å². The number of hydrogen-bond acceptors (Lipinski definition) is 7. The van der Waals surface area contributed by atoms with Gasteiger partial charge in [-0.15, -0.1) is 11.3 Å². The van der Waals surface area contributed by atoms with E-state index in [1.807, 2.05) is 31.2 Å². The molecule has 0 radical (unpaired) electrons. The van der Waals surface area contributed by atoms with Gasteiger partial charge in [0.1, 0.15) is 11.6 Å². The van der Waals surface area contributed by atoms with E-state index in [4.69, 9.17) is 9.15 Å². The number of aryl methyl sites for hydroxylation is 1. The molecule has 0 fully saturated rings. The van der Waals surface area contributed by atoms with E-state index in [2.05, 4.69) is 15.3 Å². The molecule has 0 spiro atoms. The molecule has 0 aliphatic heterocycles. The van der Waals surface area contributed by atoms with Crippen molar-refractivity contribution in [2.75, 3.05) is 5.32 Å². The molecule has 8 heteroatoms. The first-order valence-corrected chi connectivity index (χ1v) is 10.4. The Balaban J connectivity index is 1.28. The smallest absolute Gasteiger partial charge is 0.338 e. The van der Waals surface area contributed by atoms with Crippen LogP contribution in [0.2, 0.25) is 0 Å². The number of carbonyl (C=O) groups is 2. The Kier molecular flexibility index (Phi) is 6.18. The first-order valence-electron chi connectivity index (χ1n) is 9.53. The van der Waals surface area contributed by atoms with Crippen molar-refractivity contribution in [3.05, 3.63) is 88.3 Å². The highest BCUT2D eigenvalue weighted by Crippen LogP contribution is 2.20. The zero-order valence-electron chi connectivity index (χ0n) is 16.7. The number of benzene rings is 2. The van der Waals surface area contributed by atoms with Gasteiger partial charge in [0.2, 0.25) is 5.91 Å². The molecule has 0 aliphatic carbocycles. The van der Waals surface area contributed by atoms with Gasteiger partial charge in [-0.1, -0.05) is 29.8 Å². The van der Waals surface area contributed by atoms with E-state index in [1.165, 1.54) is 17.7 Å². The SMILES string of the molecule is Cc1ccc(NC(=O)Cc2nc(COC(=O)c3ccc(-c4cnco4)cc3)cs2)cc1. The highest BCUT2D eigenvalue weighted by molar-refractivity contribution is 7.09. The normalized spacial score (nSPS) is 10.6. The molecule has 4 aromatic rings. The first-order chi connectivity index (χ1) is 15.1.